The summed E-state index contributed by atoms with van der Waals surface area (Å²) in [5.74, 6) is -0.325. The van der Waals surface area contributed by atoms with Crippen molar-refractivity contribution in [1.82, 2.24) is 14.8 Å². The second-order valence-electron chi connectivity index (χ2n) is 3.19. The fourth-order valence-corrected chi connectivity index (χ4v) is 1.31. The number of nitrogens with one attached hydrogen (secondary N) is 1. The number of hydrogen-bond donors (Lipinski definition) is 1. The van der Waals surface area contributed by atoms with E-state index in [4.69, 9.17) is 0 Å². The number of rotatable bonds is 3. The fourth-order valence-electron chi connectivity index (χ4n) is 1.31. The molecule has 0 saturated heterocycles. The minimum atomic E-state index is -0.325. The first kappa shape index (κ1) is 9.64. The number of aromatic nitrogens is 3. The summed E-state index contributed by atoms with van der Waals surface area (Å²) >= 11 is 0. The van der Waals surface area contributed by atoms with Gasteiger partial charge >= 0.3 is 0 Å². The van der Waals surface area contributed by atoms with Crippen LogP contribution in [0.3, 0.4) is 0 Å². The second kappa shape index (κ2) is 4.08. The van der Waals surface area contributed by atoms with E-state index in [0.29, 0.717) is 6.54 Å². The SMILES string of the molecule is CNc1cnn(Cc2cncc(F)c2)c1. The van der Waals surface area contributed by atoms with Crippen LogP contribution in [0, 0.1) is 5.82 Å². The summed E-state index contributed by atoms with van der Waals surface area (Å²) in [6.07, 6.45) is 6.38. The zero-order valence-electron chi connectivity index (χ0n) is 8.31. The Labute approximate surface area is 86.8 Å². The molecule has 0 aliphatic carbocycles. The van der Waals surface area contributed by atoms with Gasteiger partial charge in [-0.2, -0.15) is 5.10 Å². The molecular formula is C10H11FN4. The highest BCUT2D eigenvalue weighted by Gasteiger charge is 1.99. The largest absolute Gasteiger partial charge is 0.386 e. The number of halogens is 1. The van der Waals surface area contributed by atoms with E-state index < -0.39 is 0 Å². The lowest BCUT2D eigenvalue weighted by atomic mass is 10.3. The monoisotopic (exact) mass is 206 g/mol. The summed E-state index contributed by atoms with van der Waals surface area (Å²) in [7, 11) is 1.82. The van der Waals surface area contributed by atoms with Crippen LogP contribution >= 0.6 is 0 Å². The lowest BCUT2D eigenvalue weighted by Gasteiger charge is -2.00. The van der Waals surface area contributed by atoms with Crippen molar-refractivity contribution in [3.63, 3.8) is 0 Å². The average Bonchev–Trinajstić information content (AvgIpc) is 2.65. The Morgan fingerprint density at radius 1 is 1.40 bits per heavy atom. The smallest absolute Gasteiger partial charge is 0.141 e. The Morgan fingerprint density at radius 3 is 2.93 bits per heavy atom. The molecule has 0 fully saturated rings. The molecule has 2 aromatic rings. The molecule has 2 rings (SSSR count). The summed E-state index contributed by atoms with van der Waals surface area (Å²) in [5.41, 5.74) is 1.72. The highest BCUT2D eigenvalue weighted by atomic mass is 19.1. The molecule has 0 aliphatic rings. The van der Waals surface area contributed by atoms with Gasteiger partial charge < -0.3 is 5.32 Å². The van der Waals surface area contributed by atoms with Gasteiger partial charge in [0.1, 0.15) is 5.82 Å². The van der Waals surface area contributed by atoms with E-state index in [0.717, 1.165) is 11.3 Å². The molecular weight excluding hydrogens is 195 g/mol. The standard InChI is InChI=1S/C10H11FN4/c1-12-10-5-14-15(7-10)6-8-2-9(11)4-13-3-8/h2-5,7,12H,6H2,1H3. The van der Waals surface area contributed by atoms with Gasteiger partial charge in [-0.1, -0.05) is 0 Å². The van der Waals surface area contributed by atoms with E-state index in [1.54, 1.807) is 17.1 Å². The van der Waals surface area contributed by atoms with Crippen molar-refractivity contribution in [2.75, 3.05) is 12.4 Å². The van der Waals surface area contributed by atoms with E-state index in [-0.39, 0.29) is 5.82 Å². The quantitative estimate of drug-likeness (QED) is 0.827. The van der Waals surface area contributed by atoms with Crippen molar-refractivity contribution >= 4 is 5.69 Å². The van der Waals surface area contributed by atoms with Gasteiger partial charge in [0.2, 0.25) is 0 Å². The third-order valence-corrected chi connectivity index (χ3v) is 2.03. The highest BCUT2D eigenvalue weighted by Crippen LogP contribution is 2.07. The van der Waals surface area contributed by atoms with Crippen LogP contribution in [0.1, 0.15) is 5.56 Å². The summed E-state index contributed by atoms with van der Waals surface area (Å²) in [5, 5.41) is 7.09. The zero-order valence-corrected chi connectivity index (χ0v) is 8.31. The minimum Gasteiger partial charge on any atom is -0.386 e. The summed E-state index contributed by atoms with van der Waals surface area (Å²) in [6.45, 7) is 0.520. The van der Waals surface area contributed by atoms with Crippen LogP contribution in [-0.4, -0.2) is 21.8 Å². The van der Waals surface area contributed by atoms with Crippen LogP contribution in [0.2, 0.25) is 0 Å². The number of nitrogens with zero attached hydrogens (tertiary/aromatic N) is 3. The van der Waals surface area contributed by atoms with Crippen LogP contribution in [-0.2, 0) is 6.54 Å². The fraction of sp³-hybridized carbons (Fsp3) is 0.200. The molecule has 0 amide bonds. The predicted octanol–water partition coefficient (Wildman–Crippen LogP) is 1.51. The van der Waals surface area contributed by atoms with Gasteiger partial charge in [-0.15, -0.1) is 0 Å². The van der Waals surface area contributed by atoms with Gasteiger partial charge in [0.25, 0.3) is 0 Å². The van der Waals surface area contributed by atoms with Crippen molar-refractivity contribution in [3.8, 4) is 0 Å². The highest BCUT2D eigenvalue weighted by molar-refractivity contribution is 5.37. The number of anilines is 1. The molecule has 0 aromatic carbocycles. The molecule has 5 heteroatoms. The first-order valence-electron chi connectivity index (χ1n) is 4.57. The van der Waals surface area contributed by atoms with Crippen LogP contribution in [0.5, 0.6) is 0 Å². The van der Waals surface area contributed by atoms with Crippen molar-refractivity contribution in [3.05, 3.63) is 42.2 Å². The average molecular weight is 206 g/mol. The van der Waals surface area contributed by atoms with Crippen molar-refractivity contribution in [2.45, 2.75) is 6.54 Å². The number of hydrogen-bond acceptors (Lipinski definition) is 3. The maximum Gasteiger partial charge on any atom is 0.141 e. The Bertz CT molecular complexity index is 452. The lowest BCUT2D eigenvalue weighted by Crippen LogP contribution is -2.00. The Hall–Kier alpha value is -1.91. The van der Waals surface area contributed by atoms with E-state index in [2.05, 4.69) is 15.4 Å². The van der Waals surface area contributed by atoms with Crippen LogP contribution in [0.25, 0.3) is 0 Å². The molecule has 0 unspecified atom stereocenters. The number of pyridine rings is 1. The van der Waals surface area contributed by atoms with Gasteiger partial charge in [-0.25, -0.2) is 4.39 Å². The topological polar surface area (TPSA) is 42.7 Å². The van der Waals surface area contributed by atoms with Gasteiger partial charge in [-0.05, 0) is 11.6 Å². The van der Waals surface area contributed by atoms with Crippen LogP contribution in [0.4, 0.5) is 10.1 Å². The third-order valence-electron chi connectivity index (χ3n) is 2.03. The maximum absolute atomic E-state index is 12.8. The molecule has 4 nitrogen and oxygen atoms in total. The van der Waals surface area contributed by atoms with E-state index >= 15 is 0 Å². The first-order valence-corrected chi connectivity index (χ1v) is 4.57. The van der Waals surface area contributed by atoms with Crippen LogP contribution < -0.4 is 5.32 Å². The van der Waals surface area contributed by atoms with Crippen molar-refractivity contribution in [1.29, 1.82) is 0 Å². The van der Waals surface area contributed by atoms with Gasteiger partial charge in [0.05, 0.1) is 24.6 Å². The van der Waals surface area contributed by atoms with E-state index in [1.807, 2.05) is 13.2 Å². The van der Waals surface area contributed by atoms with Gasteiger partial charge in [-0.3, -0.25) is 9.67 Å². The molecule has 15 heavy (non-hydrogen) atoms. The molecule has 0 spiro atoms. The Kier molecular flexibility index (Phi) is 2.62. The zero-order chi connectivity index (χ0) is 10.7. The maximum atomic E-state index is 12.8. The molecule has 78 valence electrons. The summed E-state index contributed by atoms with van der Waals surface area (Å²) in [4.78, 5) is 3.78. The summed E-state index contributed by atoms with van der Waals surface area (Å²) < 4.78 is 14.6. The normalized spacial score (nSPS) is 10.3. The molecule has 0 atom stereocenters. The van der Waals surface area contributed by atoms with Crippen molar-refractivity contribution in [2.24, 2.45) is 0 Å². The molecule has 2 heterocycles. The predicted molar refractivity (Wildman–Crippen MR) is 55.1 cm³/mol. The molecule has 1 N–H and O–H groups in total. The molecule has 0 saturated carbocycles. The molecule has 2 aromatic heterocycles. The molecule has 0 bridgehead atoms. The van der Waals surface area contributed by atoms with E-state index in [1.165, 1.54) is 12.3 Å². The van der Waals surface area contributed by atoms with Crippen LogP contribution in [0.15, 0.2) is 30.9 Å². The third kappa shape index (κ3) is 2.31. The van der Waals surface area contributed by atoms with E-state index in [9.17, 15) is 4.39 Å². The lowest BCUT2D eigenvalue weighted by molar-refractivity contribution is 0.611. The van der Waals surface area contributed by atoms with Gasteiger partial charge in [0, 0.05) is 19.4 Å². The second-order valence-corrected chi connectivity index (χ2v) is 3.19. The van der Waals surface area contributed by atoms with Gasteiger partial charge in [0.15, 0.2) is 0 Å². The van der Waals surface area contributed by atoms with Crippen molar-refractivity contribution < 1.29 is 4.39 Å². The Balaban J connectivity index is 2.14. The summed E-state index contributed by atoms with van der Waals surface area (Å²) in [6, 6.07) is 1.45. The molecule has 0 radical (unpaired) electrons. The first-order chi connectivity index (χ1) is 7.28. The minimum absolute atomic E-state index is 0.325. The molecule has 0 aliphatic heterocycles. The Morgan fingerprint density at radius 2 is 2.27 bits per heavy atom.